The minimum atomic E-state index is -0.873. The largest absolute Gasteiger partial charge is 0.481 e. The predicted octanol–water partition coefficient (Wildman–Crippen LogP) is 2.89. The van der Waals surface area contributed by atoms with E-state index >= 15 is 0 Å². The molecule has 0 spiro atoms. The molecule has 2 atom stereocenters. The van der Waals surface area contributed by atoms with Gasteiger partial charge in [-0.05, 0) is 31.0 Å². The van der Waals surface area contributed by atoms with Crippen molar-refractivity contribution < 1.29 is 14.7 Å². The first-order valence-corrected chi connectivity index (χ1v) is 6.66. The Labute approximate surface area is 114 Å². The average molecular weight is 312 g/mol. The fourth-order valence-corrected chi connectivity index (χ4v) is 2.77. The molecule has 1 aromatic rings. The minimum absolute atomic E-state index is 0.196. The summed E-state index contributed by atoms with van der Waals surface area (Å²) in [6.07, 6.45) is 2.04. The highest BCUT2D eigenvalue weighted by Crippen LogP contribution is 2.33. The van der Waals surface area contributed by atoms with E-state index in [1.165, 1.54) is 0 Å². The summed E-state index contributed by atoms with van der Waals surface area (Å²) in [5, 5.41) is 11.8. The van der Waals surface area contributed by atoms with Crippen molar-refractivity contribution in [2.75, 3.05) is 5.32 Å². The van der Waals surface area contributed by atoms with Crippen molar-refractivity contribution in [3.8, 4) is 0 Å². The fraction of sp³-hybridized carbons (Fsp3) is 0.385. The van der Waals surface area contributed by atoms with Crippen LogP contribution in [0.15, 0.2) is 28.7 Å². The molecular formula is C13H14BrNO3. The van der Waals surface area contributed by atoms with Crippen LogP contribution in [0.2, 0.25) is 0 Å². The maximum absolute atomic E-state index is 12.1. The van der Waals surface area contributed by atoms with Crippen molar-refractivity contribution in [2.45, 2.75) is 19.3 Å². The number of nitrogens with one attached hydrogen (secondary N) is 1. The van der Waals surface area contributed by atoms with Crippen LogP contribution in [0, 0.1) is 11.8 Å². The maximum atomic E-state index is 12.1. The molecule has 96 valence electrons. The number of hydrogen-bond acceptors (Lipinski definition) is 2. The van der Waals surface area contributed by atoms with Crippen LogP contribution in [0.4, 0.5) is 5.69 Å². The molecule has 1 fully saturated rings. The maximum Gasteiger partial charge on any atom is 0.307 e. The Kier molecular flexibility index (Phi) is 4.01. The molecule has 0 aromatic heterocycles. The van der Waals surface area contributed by atoms with Gasteiger partial charge in [-0.25, -0.2) is 0 Å². The number of anilines is 1. The monoisotopic (exact) mass is 311 g/mol. The highest BCUT2D eigenvalue weighted by atomic mass is 79.9. The predicted molar refractivity (Wildman–Crippen MR) is 71.2 cm³/mol. The molecule has 2 N–H and O–H groups in total. The van der Waals surface area contributed by atoms with Gasteiger partial charge in [0.15, 0.2) is 0 Å². The van der Waals surface area contributed by atoms with Crippen molar-refractivity contribution in [1.82, 2.24) is 0 Å². The molecule has 1 saturated carbocycles. The summed E-state index contributed by atoms with van der Waals surface area (Å²) in [5.41, 5.74) is 0.686. The number of rotatable bonds is 3. The van der Waals surface area contributed by atoms with Gasteiger partial charge >= 0.3 is 5.97 Å². The Bertz CT molecular complexity index is 475. The van der Waals surface area contributed by atoms with Crippen molar-refractivity contribution in [3.63, 3.8) is 0 Å². The molecule has 2 unspecified atom stereocenters. The van der Waals surface area contributed by atoms with E-state index in [4.69, 9.17) is 5.11 Å². The van der Waals surface area contributed by atoms with Crippen molar-refractivity contribution in [1.29, 1.82) is 0 Å². The van der Waals surface area contributed by atoms with Gasteiger partial charge in [0.05, 0.1) is 11.8 Å². The van der Waals surface area contributed by atoms with Gasteiger partial charge in [0, 0.05) is 10.2 Å². The SMILES string of the molecule is O=C(O)C1CCCC1C(=O)Nc1cccc(Br)c1. The molecule has 0 heterocycles. The molecule has 0 bridgehead atoms. The minimum Gasteiger partial charge on any atom is -0.481 e. The van der Waals surface area contributed by atoms with Crippen LogP contribution in [-0.4, -0.2) is 17.0 Å². The quantitative estimate of drug-likeness (QED) is 0.902. The van der Waals surface area contributed by atoms with Gasteiger partial charge in [-0.3, -0.25) is 9.59 Å². The van der Waals surface area contributed by atoms with Gasteiger partial charge in [-0.2, -0.15) is 0 Å². The number of halogens is 1. The van der Waals surface area contributed by atoms with Crippen molar-refractivity contribution in [3.05, 3.63) is 28.7 Å². The van der Waals surface area contributed by atoms with Gasteiger partial charge in [0.25, 0.3) is 0 Å². The zero-order valence-corrected chi connectivity index (χ0v) is 11.3. The van der Waals surface area contributed by atoms with Crippen molar-refractivity contribution >= 4 is 33.5 Å². The Morgan fingerprint density at radius 2 is 2.00 bits per heavy atom. The summed E-state index contributed by atoms with van der Waals surface area (Å²) in [7, 11) is 0. The molecule has 0 saturated heterocycles. The molecule has 1 aromatic carbocycles. The van der Waals surface area contributed by atoms with E-state index in [0.29, 0.717) is 18.5 Å². The Morgan fingerprint density at radius 1 is 1.28 bits per heavy atom. The normalized spacial score (nSPS) is 22.7. The second-order valence-electron chi connectivity index (χ2n) is 4.48. The third-order valence-electron chi connectivity index (χ3n) is 3.26. The molecule has 1 amide bonds. The number of carbonyl (C=O) groups is 2. The summed E-state index contributed by atoms with van der Waals surface area (Å²) >= 11 is 3.33. The summed E-state index contributed by atoms with van der Waals surface area (Å²) in [6, 6.07) is 7.27. The van der Waals surface area contributed by atoms with Crippen LogP contribution in [0.1, 0.15) is 19.3 Å². The molecule has 5 heteroatoms. The van der Waals surface area contributed by atoms with Gasteiger partial charge in [0.2, 0.25) is 5.91 Å². The fourth-order valence-electron chi connectivity index (χ4n) is 2.37. The van der Waals surface area contributed by atoms with Crippen LogP contribution in [0.3, 0.4) is 0 Å². The number of aliphatic carboxylic acids is 1. The zero-order chi connectivity index (χ0) is 13.1. The smallest absolute Gasteiger partial charge is 0.307 e. The van der Waals surface area contributed by atoms with Crippen molar-refractivity contribution in [2.24, 2.45) is 11.8 Å². The number of benzene rings is 1. The standard InChI is InChI=1S/C13H14BrNO3/c14-8-3-1-4-9(7-8)15-12(16)10-5-2-6-11(10)13(17)18/h1,3-4,7,10-11H,2,5-6H2,(H,15,16)(H,17,18). The van der Waals surface area contributed by atoms with Crippen LogP contribution in [-0.2, 0) is 9.59 Å². The number of carboxylic acids is 1. The Morgan fingerprint density at radius 3 is 2.67 bits per heavy atom. The topological polar surface area (TPSA) is 66.4 Å². The summed E-state index contributed by atoms with van der Waals surface area (Å²) in [4.78, 5) is 23.1. The number of amides is 1. The second kappa shape index (κ2) is 5.52. The molecule has 4 nitrogen and oxygen atoms in total. The molecule has 0 radical (unpaired) electrons. The Balaban J connectivity index is 2.06. The van der Waals surface area contributed by atoms with E-state index in [9.17, 15) is 9.59 Å². The van der Waals surface area contributed by atoms with E-state index in [2.05, 4.69) is 21.2 Å². The molecule has 2 rings (SSSR count). The highest BCUT2D eigenvalue weighted by Gasteiger charge is 2.37. The lowest BCUT2D eigenvalue weighted by Crippen LogP contribution is -2.29. The Hall–Kier alpha value is -1.36. The second-order valence-corrected chi connectivity index (χ2v) is 5.40. The first kappa shape index (κ1) is 13.1. The molecule has 1 aliphatic rings. The third kappa shape index (κ3) is 2.90. The zero-order valence-electron chi connectivity index (χ0n) is 9.73. The molecule has 0 aliphatic heterocycles. The summed E-state index contributed by atoms with van der Waals surface area (Å²) < 4.78 is 0.876. The average Bonchev–Trinajstić information content (AvgIpc) is 2.77. The van der Waals surface area contributed by atoms with E-state index in [1.54, 1.807) is 12.1 Å². The van der Waals surface area contributed by atoms with E-state index in [1.807, 2.05) is 12.1 Å². The van der Waals surface area contributed by atoms with Gasteiger partial charge < -0.3 is 10.4 Å². The van der Waals surface area contributed by atoms with E-state index in [0.717, 1.165) is 10.9 Å². The first-order valence-electron chi connectivity index (χ1n) is 5.87. The summed E-state index contributed by atoms with van der Waals surface area (Å²) in [5.74, 6) is -2.03. The molecule has 1 aliphatic carbocycles. The van der Waals surface area contributed by atoms with Gasteiger partial charge in [-0.15, -0.1) is 0 Å². The summed E-state index contributed by atoms with van der Waals surface area (Å²) in [6.45, 7) is 0. The number of carboxylic acid groups (broad SMARTS) is 1. The first-order chi connectivity index (χ1) is 8.58. The van der Waals surface area contributed by atoms with Crippen LogP contribution in [0.5, 0.6) is 0 Å². The van der Waals surface area contributed by atoms with E-state index in [-0.39, 0.29) is 5.91 Å². The lowest BCUT2D eigenvalue weighted by molar-refractivity contribution is -0.145. The van der Waals surface area contributed by atoms with Gasteiger partial charge in [0.1, 0.15) is 0 Å². The van der Waals surface area contributed by atoms with Crippen LogP contribution in [0.25, 0.3) is 0 Å². The van der Waals surface area contributed by atoms with E-state index < -0.39 is 17.8 Å². The van der Waals surface area contributed by atoms with Crippen LogP contribution >= 0.6 is 15.9 Å². The van der Waals surface area contributed by atoms with Gasteiger partial charge in [-0.1, -0.05) is 28.4 Å². The lowest BCUT2D eigenvalue weighted by atomic mass is 9.95. The molecular weight excluding hydrogens is 298 g/mol. The number of hydrogen-bond donors (Lipinski definition) is 2. The third-order valence-corrected chi connectivity index (χ3v) is 3.76. The molecule has 18 heavy (non-hydrogen) atoms. The number of carbonyl (C=O) groups excluding carboxylic acids is 1. The van der Waals surface area contributed by atoms with Crippen LogP contribution < -0.4 is 5.32 Å². The highest BCUT2D eigenvalue weighted by molar-refractivity contribution is 9.10. The lowest BCUT2D eigenvalue weighted by Gasteiger charge is -2.15.